The molecule has 1 atom stereocenters. The first-order valence-corrected chi connectivity index (χ1v) is 11.7. The van der Waals surface area contributed by atoms with Crippen LogP contribution in [-0.4, -0.2) is 38.4 Å². The molecule has 1 aliphatic carbocycles. The summed E-state index contributed by atoms with van der Waals surface area (Å²) in [5.74, 6) is 0.510. The molecule has 0 radical (unpaired) electrons. The predicted octanol–water partition coefficient (Wildman–Crippen LogP) is 2.84. The number of hydrogen-bond acceptors (Lipinski definition) is 4. The van der Waals surface area contributed by atoms with Crippen molar-refractivity contribution in [1.29, 1.82) is 0 Å². The van der Waals surface area contributed by atoms with E-state index in [0.29, 0.717) is 6.42 Å². The van der Waals surface area contributed by atoms with Gasteiger partial charge in [0.1, 0.15) is 6.04 Å². The molecule has 1 amide bonds. The maximum Gasteiger partial charge on any atom is 0.241 e. The highest BCUT2D eigenvalue weighted by Crippen LogP contribution is 2.18. The standard InChI is InChI=1S/C18H28N2O3S2/c1-14-8-10-16(11-9-14)25(22,23)20-17(12-13-24-2)18(21)19-15-6-4-3-5-7-15/h8-11,15,17,20H,3-7,12-13H2,1-2H3,(H,19,21)/t17-/m0/s1. The first-order valence-electron chi connectivity index (χ1n) is 8.80. The normalized spacial score (nSPS) is 17.2. The Labute approximate surface area is 155 Å². The quantitative estimate of drug-likeness (QED) is 0.723. The Morgan fingerprint density at radius 3 is 2.44 bits per heavy atom. The number of hydrogen-bond donors (Lipinski definition) is 2. The van der Waals surface area contributed by atoms with E-state index in [1.807, 2.05) is 13.2 Å². The Balaban J connectivity index is 2.07. The van der Waals surface area contributed by atoms with E-state index in [0.717, 1.165) is 37.0 Å². The maximum absolute atomic E-state index is 12.6. The summed E-state index contributed by atoms with van der Waals surface area (Å²) in [6.45, 7) is 1.91. The summed E-state index contributed by atoms with van der Waals surface area (Å²) in [4.78, 5) is 12.8. The molecule has 0 aliphatic heterocycles. The van der Waals surface area contributed by atoms with Crippen molar-refractivity contribution in [3.63, 3.8) is 0 Å². The van der Waals surface area contributed by atoms with Crippen LogP contribution in [0.1, 0.15) is 44.1 Å². The van der Waals surface area contributed by atoms with Crippen LogP contribution in [-0.2, 0) is 14.8 Å². The summed E-state index contributed by atoms with van der Waals surface area (Å²) in [7, 11) is -3.71. The van der Waals surface area contributed by atoms with Gasteiger partial charge in [0.15, 0.2) is 0 Å². The van der Waals surface area contributed by atoms with Crippen LogP contribution in [0.15, 0.2) is 29.2 Å². The number of nitrogens with one attached hydrogen (secondary N) is 2. The van der Waals surface area contributed by atoms with E-state index in [9.17, 15) is 13.2 Å². The maximum atomic E-state index is 12.6. The zero-order chi connectivity index (χ0) is 18.3. The molecule has 1 aliphatic rings. The fourth-order valence-corrected chi connectivity index (χ4v) is 4.70. The molecule has 1 aromatic rings. The third-order valence-electron chi connectivity index (χ3n) is 4.51. The molecule has 1 saturated carbocycles. The predicted molar refractivity (Wildman–Crippen MR) is 103 cm³/mol. The Kier molecular flexibility index (Phi) is 7.78. The van der Waals surface area contributed by atoms with Gasteiger partial charge in [0, 0.05) is 6.04 Å². The summed E-state index contributed by atoms with van der Waals surface area (Å²) >= 11 is 1.60. The average molecular weight is 385 g/mol. The first kappa shape index (κ1) is 20.3. The average Bonchev–Trinajstić information content (AvgIpc) is 2.59. The highest BCUT2D eigenvalue weighted by molar-refractivity contribution is 7.98. The Bertz CT molecular complexity index is 653. The van der Waals surface area contributed by atoms with Crippen molar-refractivity contribution in [3.05, 3.63) is 29.8 Å². The van der Waals surface area contributed by atoms with E-state index in [2.05, 4.69) is 10.0 Å². The van der Waals surface area contributed by atoms with Gasteiger partial charge in [-0.05, 0) is 50.3 Å². The molecule has 1 aromatic carbocycles. The van der Waals surface area contributed by atoms with Gasteiger partial charge >= 0.3 is 0 Å². The second-order valence-corrected chi connectivity index (χ2v) is 9.31. The lowest BCUT2D eigenvalue weighted by Gasteiger charge is -2.26. The molecule has 5 nitrogen and oxygen atoms in total. The zero-order valence-corrected chi connectivity index (χ0v) is 16.6. The number of carbonyl (C=O) groups excluding carboxylic acids is 1. The monoisotopic (exact) mass is 384 g/mol. The first-order chi connectivity index (χ1) is 11.9. The van der Waals surface area contributed by atoms with Crippen LogP contribution in [0.3, 0.4) is 0 Å². The van der Waals surface area contributed by atoms with E-state index >= 15 is 0 Å². The van der Waals surface area contributed by atoms with Crippen LogP contribution in [0.4, 0.5) is 0 Å². The fraction of sp³-hybridized carbons (Fsp3) is 0.611. The second-order valence-electron chi connectivity index (χ2n) is 6.61. The van der Waals surface area contributed by atoms with Gasteiger partial charge < -0.3 is 5.32 Å². The van der Waals surface area contributed by atoms with Crippen molar-refractivity contribution in [3.8, 4) is 0 Å². The molecule has 0 unspecified atom stereocenters. The van der Waals surface area contributed by atoms with Gasteiger partial charge in [-0.1, -0.05) is 37.0 Å². The van der Waals surface area contributed by atoms with E-state index in [1.165, 1.54) is 6.42 Å². The van der Waals surface area contributed by atoms with Crippen molar-refractivity contribution < 1.29 is 13.2 Å². The summed E-state index contributed by atoms with van der Waals surface area (Å²) in [6.07, 6.45) is 7.83. The van der Waals surface area contributed by atoms with Gasteiger partial charge in [-0.3, -0.25) is 4.79 Å². The minimum absolute atomic E-state index is 0.168. The van der Waals surface area contributed by atoms with Crippen LogP contribution in [0.25, 0.3) is 0 Å². The number of amides is 1. The van der Waals surface area contributed by atoms with Gasteiger partial charge in [0.2, 0.25) is 15.9 Å². The summed E-state index contributed by atoms with van der Waals surface area (Å²) in [5.41, 5.74) is 0.993. The third kappa shape index (κ3) is 6.31. The molecule has 140 valence electrons. The molecule has 25 heavy (non-hydrogen) atoms. The lowest BCUT2D eigenvalue weighted by atomic mass is 9.95. The van der Waals surface area contributed by atoms with Gasteiger partial charge in [-0.25, -0.2) is 8.42 Å². The number of benzene rings is 1. The minimum Gasteiger partial charge on any atom is -0.352 e. The van der Waals surface area contributed by atoms with Crippen molar-refractivity contribution in [1.82, 2.24) is 10.0 Å². The van der Waals surface area contributed by atoms with Crippen molar-refractivity contribution in [2.45, 2.75) is 62.4 Å². The smallest absolute Gasteiger partial charge is 0.241 e. The number of rotatable bonds is 8. The van der Waals surface area contributed by atoms with Crippen LogP contribution in [0, 0.1) is 6.92 Å². The van der Waals surface area contributed by atoms with Gasteiger partial charge in [-0.15, -0.1) is 0 Å². The van der Waals surface area contributed by atoms with Crippen molar-refractivity contribution >= 4 is 27.7 Å². The second kappa shape index (κ2) is 9.59. The van der Waals surface area contributed by atoms with Crippen LogP contribution in [0.2, 0.25) is 0 Å². The molecular weight excluding hydrogens is 356 g/mol. The summed E-state index contributed by atoms with van der Waals surface area (Å²) < 4.78 is 27.8. The SMILES string of the molecule is CSCC[C@H](NS(=O)(=O)c1ccc(C)cc1)C(=O)NC1CCCCC1. The van der Waals surface area contributed by atoms with Gasteiger partial charge in [-0.2, -0.15) is 16.5 Å². The van der Waals surface area contributed by atoms with Crippen LogP contribution in [0.5, 0.6) is 0 Å². The Morgan fingerprint density at radius 1 is 1.20 bits per heavy atom. The minimum atomic E-state index is -3.71. The topological polar surface area (TPSA) is 75.3 Å². The van der Waals surface area contributed by atoms with E-state index < -0.39 is 16.1 Å². The molecule has 2 rings (SSSR count). The molecular formula is C18H28N2O3S2. The molecule has 0 spiro atoms. The van der Waals surface area contributed by atoms with Crippen LogP contribution < -0.4 is 10.0 Å². The van der Waals surface area contributed by atoms with E-state index in [1.54, 1.807) is 36.0 Å². The number of carbonyl (C=O) groups is 1. The van der Waals surface area contributed by atoms with Crippen molar-refractivity contribution in [2.24, 2.45) is 0 Å². The Morgan fingerprint density at radius 2 is 1.84 bits per heavy atom. The Hall–Kier alpha value is -1.05. The van der Waals surface area contributed by atoms with E-state index in [-0.39, 0.29) is 16.8 Å². The van der Waals surface area contributed by atoms with E-state index in [4.69, 9.17) is 0 Å². The highest BCUT2D eigenvalue weighted by Gasteiger charge is 2.27. The molecule has 0 saturated heterocycles. The van der Waals surface area contributed by atoms with Crippen LogP contribution >= 0.6 is 11.8 Å². The lowest BCUT2D eigenvalue weighted by molar-refractivity contribution is -0.123. The van der Waals surface area contributed by atoms with Gasteiger partial charge in [0.05, 0.1) is 4.90 Å². The molecule has 0 aromatic heterocycles. The zero-order valence-electron chi connectivity index (χ0n) is 15.0. The molecule has 0 bridgehead atoms. The largest absolute Gasteiger partial charge is 0.352 e. The fourth-order valence-electron chi connectivity index (χ4n) is 3.00. The molecule has 7 heteroatoms. The summed E-state index contributed by atoms with van der Waals surface area (Å²) in [5, 5.41) is 3.04. The number of sulfonamides is 1. The molecule has 0 heterocycles. The van der Waals surface area contributed by atoms with Gasteiger partial charge in [0.25, 0.3) is 0 Å². The number of thioether (sulfide) groups is 1. The lowest BCUT2D eigenvalue weighted by Crippen LogP contribution is -2.50. The summed E-state index contributed by atoms with van der Waals surface area (Å²) in [6, 6.07) is 6.09. The molecule has 2 N–H and O–H groups in total. The highest BCUT2D eigenvalue weighted by atomic mass is 32.2. The van der Waals surface area contributed by atoms with Crippen molar-refractivity contribution in [2.75, 3.05) is 12.0 Å². The molecule has 1 fully saturated rings. The third-order valence-corrected chi connectivity index (χ3v) is 6.64. The number of aryl methyl sites for hydroxylation is 1.